The minimum Gasteiger partial charge on any atom is -0.331 e. The third kappa shape index (κ3) is 2.75. The zero-order valence-electron chi connectivity index (χ0n) is 15.2. The molecule has 0 unspecified atom stereocenters. The molecule has 2 aliphatic heterocycles. The van der Waals surface area contributed by atoms with Crippen LogP contribution in [0.25, 0.3) is 5.65 Å². The van der Waals surface area contributed by atoms with Crippen LogP contribution in [0.2, 0.25) is 0 Å². The zero-order chi connectivity index (χ0) is 19.5. The molecule has 0 aliphatic carbocycles. The number of nitrogens with zero attached hydrogens (tertiary/aromatic N) is 4. The Morgan fingerprint density at radius 3 is 3.04 bits per heavy atom. The van der Waals surface area contributed by atoms with Gasteiger partial charge in [0, 0.05) is 30.3 Å². The first kappa shape index (κ1) is 17.8. The number of sulfonamides is 1. The molecule has 5 rings (SSSR count). The van der Waals surface area contributed by atoms with Gasteiger partial charge in [0.2, 0.25) is 5.91 Å². The van der Waals surface area contributed by atoms with Crippen LogP contribution in [-0.4, -0.2) is 46.4 Å². The third-order valence-electron chi connectivity index (χ3n) is 5.49. The summed E-state index contributed by atoms with van der Waals surface area (Å²) in [5, 5.41) is 6.25. The summed E-state index contributed by atoms with van der Waals surface area (Å²) in [4.78, 5) is 19.2. The van der Waals surface area contributed by atoms with E-state index in [1.165, 1.54) is 6.07 Å². The molecule has 0 saturated carbocycles. The molecule has 8 nitrogen and oxygen atoms in total. The van der Waals surface area contributed by atoms with Crippen molar-refractivity contribution in [1.29, 1.82) is 0 Å². The molecule has 1 fully saturated rings. The summed E-state index contributed by atoms with van der Waals surface area (Å²) < 4.78 is 29.2. The van der Waals surface area contributed by atoms with Crippen molar-refractivity contribution in [3.8, 4) is 0 Å². The molecule has 146 valence electrons. The fourth-order valence-electron chi connectivity index (χ4n) is 4.32. The van der Waals surface area contributed by atoms with Gasteiger partial charge in [-0.3, -0.25) is 4.79 Å². The Bertz CT molecular complexity index is 1170. The van der Waals surface area contributed by atoms with Crippen molar-refractivity contribution < 1.29 is 13.2 Å². The zero-order valence-corrected chi connectivity index (χ0v) is 16.8. The van der Waals surface area contributed by atoms with Crippen LogP contribution in [0.1, 0.15) is 35.8 Å². The van der Waals surface area contributed by atoms with E-state index in [0.29, 0.717) is 6.42 Å². The van der Waals surface area contributed by atoms with Crippen molar-refractivity contribution in [3.05, 3.63) is 46.7 Å². The molecule has 5 heterocycles. The Kier molecular flexibility index (Phi) is 4.04. The van der Waals surface area contributed by atoms with Crippen LogP contribution < -0.4 is 4.72 Å². The summed E-state index contributed by atoms with van der Waals surface area (Å²) in [6.07, 6.45) is 4.29. The predicted molar refractivity (Wildman–Crippen MR) is 104 cm³/mol. The number of carbonyl (C=O) groups excluding carboxylic acids is 1. The fraction of sp³-hybridized carbons (Fsp3) is 0.389. The van der Waals surface area contributed by atoms with E-state index in [1.807, 2.05) is 28.6 Å². The molecule has 3 aromatic rings. The minimum absolute atomic E-state index is 0.0614. The van der Waals surface area contributed by atoms with E-state index in [4.69, 9.17) is 0 Å². The first-order chi connectivity index (χ1) is 13.4. The first-order valence-electron chi connectivity index (χ1n) is 9.12. The minimum atomic E-state index is -3.66. The van der Waals surface area contributed by atoms with E-state index < -0.39 is 10.0 Å². The maximum Gasteiger partial charge on any atom is 0.250 e. The van der Waals surface area contributed by atoms with Crippen molar-refractivity contribution in [2.75, 3.05) is 6.54 Å². The topological polar surface area (TPSA) is 96.7 Å². The van der Waals surface area contributed by atoms with E-state index >= 15 is 0 Å². The van der Waals surface area contributed by atoms with Gasteiger partial charge in [-0.2, -0.15) is 5.10 Å². The molecule has 2 bridgehead atoms. The van der Waals surface area contributed by atoms with Crippen LogP contribution in [0.5, 0.6) is 0 Å². The Morgan fingerprint density at radius 2 is 2.25 bits per heavy atom. The maximum atomic E-state index is 12.9. The number of fused-ring (bicyclic) bond motifs is 6. The third-order valence-corrected chi connectivity index (χ3v) is 8.29. The van der Waals surface area contributed by atoms with E-state index in [0.717, 1.165) is 46.8 Å². The highest BCUT2D eigenvalue weighted by Gasteiger charge is 2.43. The van der Waals surface area contributed by atoms with Crippen molar-refractivity contribution in [1.82, 2.24) is 24.2 Å². The molecular weight excluding hydrogens is 398 g/mol. The first-order valence-corrected chi connectivity index (χ1v) is 11.5. The average molecular weight is 418 g/mol. The smallest absolute Gasteiger partial charge is 0.250 e. The SMILES string of the molecule is Cc1cc2ncc3c(n2n1)C[C@@H]1CC[C@H]3N1C(=O)CNS(=O)(=O)c1cccs1. The summed E-state index contributed by atoms with van der Waals surface area (Å²) in [6.45, 7) is 1.70. The molecule has 2 aliphatic rings. The lowest BCUT2D eigenvalue weighted by Gasteiger charge is -2.36. The van der Waals surface area contributed by atoms with Crippen LogP contribution in [-0.2, 0) is 21.2 Å². The monoisotopic (exact) mass is 417 g/mol. The summed E-state index contributed by atoms with van der Waals surface area (Å²) in [5.74, 6) is -0.199. The standard InChI is InChI=1S/C18H19N5O3S2/c1-11-7-16-19-9-13-14-5-4-12(8-15(13)23(16)21-11)22(14)17(24)10-20-28(25,26)18-3-2-6-27-18/h2-3,6-7,9,12,14,20H,4-5,8,10H2,1H3/t12-,14+/m0/s1. The van der Waals surface area contributed by atoms with Crippen molar-refractivity contribution in [3.63, 3.8) is 0 Å². The number of aryl methyl sites for hydroxylation is 1. The Labute approximate surface area is 166 Å². The van der Waals surface area contributed by atoms with Crippen LogP contribution in [0.15, 0.2) is 34.0 Å². The molecule has 1 N–H and O–H groups in total. The van der Waals surface area contributed by atoms with E-state index in [9.17, 15) is 13.2 Å². The highest BCUT2D eigenvalue weighted by molar-refractivity contribution is 7.91. The number of carbonyl (C=O) groups is 1. The highest BCUT2D eigenvalue weighted by Crippen LogP contribution is 2.43. The van der Waals surface area contributed by atoms with Gasteiger partial charge < -0.3 is 4.90 Å². The quantitative estimate of drug-likeness (QED) is 0.697. The van der Waals surface area contributed by atoms with Crippen LogP contribution in [0, 0.1) is 6.92 Å². The Morgan fingerprint density at radius 1 is 1.39 bits per heavy atom. The lowest BCUT2D eigenvalue weighted by molar-refractivity contribution is -0.133. The number of nitrogens with one attached hydrogen (secondary N) is 1. The molecule has 0 radical (unpaired) electrons. The van der Waals surface area contributed by atoms with E-state index in [1.54, 1.807) is 11.4 Å². The van der Waals surface area contributed by atoms with Crippen LogP contribution in [0.3, 0.4) is 0 Å². The molecule has 1 saturated heterocycles. The lowest BCUT2D eigenvalue weighted by Crippen LogP contribution is -2.47. The van der Waals surface area contributed by atoms with Gasteiger partial charge >= 0.3 is 0 Å². The molecule has 0 spiro atoms. The second-order valence-electron chi connectivity index (χ2n) is 7.22. The maximum absolute atomic E-state index is 12.9. The number of thiophene rings is 1. The Balaban J connectivity index is 1.40. The fourth-order valence-corrected chi connectivity index (χ4v) is 6.33. The van der Waals surface area contributed by atoms with Gasteiger partial charge in [-0.1, -0.05) is 6.07 Å². The number of aromatic nitrogens is 3. The Hall–Kier alpha value is -2.30. The molecule has 3 aromatic heterocycles. The molecule has 0 aromatic carbocycles. The lowest BCUT2D eigenvalue weighted by atomic mass is 9.99. The highest BCUT2D eigenvalue weighted by atomic mass is 32.2. The van der Waals surface area contributed by atoms with Crippen molar-refractivity contribution in [2.24, 2.45) is 0 Å². The normalized spacial score (nSPS) is 21.2. The molecule has 2 atom stereocenters. The predicted octanol–water partition coefficient (Wildman–Crippen LogP) is 1.67. The average Bonchev–Trinajstić information content (AvgIpc) is 3.38. The number of hydrogen-bond acceptors (Lipinski definition) is 6. The summed E-state index contributed by atoms with van der Waals surface area (Å²) in [6, 6.07) is 5.13. The van der Waals surface area contributed by atoms with Gasteiger partial charge in [0.25, 0.3) is 10.0 Å². The van der Waals surface area contributed by atoms with Crippen LogP contribution in [0.4, 0.5) is 0 Å². The van der Waals surface area contributed by atoms with Gasteiger partial charge in [0.1, 0.15) is 4.21 Å². The number of amides is 1. The number of hydrogen-bond donors (Lipinski definition) is 1. The van der Waals surface area contributed by atoms with Crippen LogP contribution >= 0.6 is 11.3 Å². The van der Waals surface area contributed by atoms with Gasteiger partial charge in [0.05, 0.1) is 24.0 Å². The van der Waals surface area contributed by atoms with Gasteiger partial charge in [-0.05, 0) is 31.2 Å². The molecular formula is C18H19N5O3S2. The summed E-state index contributed by atoms with van der Waals surface area (Å²) in [5.41, 5.74) is 3.85. The molecule has 28 heavy (non-hydrogen) atoms. The molecule has 1 amide bonds. The van der Waals surface area contributed by atoms with Gasteiger partial charge in [-0.25, -0.2) is 22.6 Å². The van der Waals surface area contributed by atoms with Gasteiger partial charge in [-0.15, -0.1) is 11.3 Å². The van der Waals surface area contributed by atoms with Crippen molar-refractivity contribution in [2.45, 2.75) is 42.5 Å². The largest absolute Gasteiger partial charge is 0.331 e. The molecule has 10 heteroatoms. The second-order valence-corrected chi connectivity index (χ2v) is 10.2. The van der Waals surface area contributed by atoms with Gasteiger partial charge in [0.15, 0.2) is 5.65 Å². The second kappa shape index (κ2) is 6.36. The number of rotatable bonds is 4. The van der Waals surface area contributed by atoms with Crippen molar-refractivity contribution >= 4 is 32.9 Å². The summed E-state index contributed by atoms with van der Waals surface area (Å²) in [7, 11) is -3.66. The summed E-state index contributed by atoms with van der Waals surface area (Å²) >= 11 is 1.13. The van der Waals surface area contributed by atoms with E-state index in [2.05, 4.69) is 14.8 Å². The van der Waals surface area contributed by atoms with E-state index in [-0.39, 0.29) is 28.7 Å².